The first-order valence-corrected chi connectivity index (χ1v) is 8.16. The number of rotatable bonds is 7. The topological polar surface area (TPSA) is 62.4 Å². The van der Waals surface area contributed by atoms with Crippen molar-refractivity contribution in [1.82, 2.24) is 4.90 Å². The number of amides is 1. The molecule has 3 N–H and O–H groups in total. The van der Waals surface area contributed by atoms with Crippen LogP contribution in [0.1, 0.15) is 29.6 Å². The Labute approximate surface area is 133 Å². The molecule has 2 rings (SSSR count). The van der Waals surface area contributed by atoms with Crippen molar-refractivity contribution in [3.63, 3.8) is 0 Å². The lowest BCUT2D eigenvalue weighted by atomic mass is 10.1. The monoisotopic (exact) mass is 306 g/mol. The molecule has 1 saturated heterocycles. The van der Waals surface area contributed by atoms with Crippen LogP contribution in [-0.2, 0) is 0 Å². The van der Waals surface area contributed by atoms with Crippen LogP contribution in [0, 0.1) is 0 Å². The minimum Gasteiger partial charge on any atom is -0.435 e. The highest BCUT2D eigenvalue weighted by Crippen LogP contribution is 2.21. The molecule has 22 heavy (non-hydrogen) atoms. The van der Waals surface area contributed by atoms with Crippen LogP contribution in [0.3, 0.4) is 0 Å². The molecule has 5 nitrogen and oxygen atoms in total. The van der Waals surface area contributed by atoms with E-state index < -0.39 is 0 Å². The van der Waals surface area contributed by atoms with E-state index in [1.54, 1.807) is 12.0 Å². The predicted molar refractivity (Wildman–Crippen MR) is 90.5 cm³/mol. The van der Waals surface area contributed by atoms with Crippen LogP contribution in [0.25, 0.3) is 0 Å². The van der Waals surface area contributed by atoms with E-state index in [1.165, 1.54) is 19.3 Å². The molecule has 0 atom stereocenters. The van der Waals surface area contributed by atoms with Gasteiger partial charge in [-0.05, 0) is 37.5 Å². The molecule has 0 bridgehead atoms. The zero-order valence-corrected chi connectivity index (χ0v) is 13.5. The Bertz CT molecular complexity index is 473. The fourth-order valence-electron chi connectivity index (χ4n) is 2.86. The summed E-state index contributed by atoms with van der Waals surface area (Å²) in [6.07, 6.45) is 3.77. The fourth-order valence-corrected chi connectivity index (χ4v) is 2.86. The highest BCUT2D eigenvalue weighted by atomic mass is 16.5. The van der Waals surface area contributed by atoms with Gasteiger partial charge in [0.15, 0.2) is 6.61 Å². The van der Waals surface area contributed by atoms with Crippen molar-refractivity contribution < 1.29 is 9.53 Å². The highest BCUT2D eigenvalue weighted by molar-refractivity contribution is 5.95. The molecule has 1 amide bonds. The third kappa shape index (κ3) is 4.45. The highest BCUT2D eigenvalue weighted by Gasteiger charge is 2.18. The van der Waals surface area contributed by atoms with Gasteiger partial charge in [0, 0.05) is 37.4 Å². The van der Waals surface area contributed by atoms with Crippen LogP contribution in [0.2, 0.25) is 0 Å². The maximum Gasteiger partial charge on any atom is 0.254 e. The van der Waals surface area contributed by atoms with Gasteiger partial charge in [0.2, 0.25) is 0 Å². The Balaban J connectivity index is 2.10. The van der Waals surface area contributed by atoms with Crippen LogP contribution in [0.15, 0.2) is 24.3 Å². The number of carbonyl (C=O) groups is 1. The third-order valence-electron chi connectivity index (χ3n) is 4.09. The standard InChI is InChI=1S/C17H27N3O2/c1-22-13-12-20(11-8-18)17(21)15-6-5-7-16(14-15)19-9-3-2-4-10-19/h5-7,14H,2-4,8-13,18H2,1H3/p+1. The Morgan fingerprint density at radius 1 is 1.27 bits per heavy atom. The van der Waals surface area contributed by atoms with E-state index in [1.807, 2.05) is 18.2 Å². The number of carbonyl (C=O) groups excluding carboxylic acids is 1. The first-order valence-electron chi connectivity index (χ1n) is 8.16. The van der Waals surface area contributed by atoms with Crippen molar-refractivity contribution >= 4 is 11.6 Å². The Hall–Kier alpha value is -1.59. The molecule has 1 aliphatic heterocycles. The second-order valence-corrected chi connectivity index (χ2v) is 5.72. The van der Waals surface area contributed by atoms with Gasteiger partial charge in [0.25, 0.3) is 5.91 Å². The number of ether oxygens (including phenoxy) is 1. The molecule has 0 radical (unpaired) electrons. The summed E-state index contributed by atoms with van der Waals surface area (Å²) >= 11 is 0. The van der Waals surface area contributed by atoms with Gasteiger partial charge in [0.05, 0.1) is 6.54 Å². The number of nitrogens with zero attached hydrogens (tertiary/aromatic N) is 2. The molecule has 1 aromatic rings. The van der Waals surface area contributed by atoms with Gasteiger partial charge in [-0.3, -0.25) is 4.79 Å². The minimum atomic E-state index is 0.0490. The van der Waals surface area contributed by atoms with Crippen molar-refractivity contribution in [2.24, 2.45) is 5.73 Å². The Morgan fingerprint density at radius 3 is 2.73 bits per heavy atom. The maximum atomic E-state index is 12.7. The number of anilines is 1. The van der Waals surface area contributed by atoms with Crippen molar-refractivity contribution in [2.75, 3.05) is 51.3 Å². The van der Waals surface area contributed by atoms with Crippen molar-refractivity contribution in [3.05, 3.63) is 29.8 Å². The molecule has 1 aromatic carbocycles. The average Bonchev–Trinajstić information content (AvgIpc) is 2.59. The largest absolute Gasteiger partial charge is 0.435 e. The molecule has 0 aromatic heterocycles. The van der Waals surface area contributed by atoms with E-state index in [4.69, 9.17) is 5.73 Å². The molecule has 0 unspecified atom stereocenters. The smallest absolute Gasteiger partial charge is 0.254 e. The molecular formula is C17H28N3O2+. The fraction of sp³-hybridized carbons (Fsp3) is 0.588. The molecule has 0 saturated carbocycles. The van der Waals surface area contributed by atoms with E-state index in [2.05, 4.69) is 15.7 Å². The van der Waals surface area contributed by atoms with Crippen LogP contribution in [0.5, 0.6) is 0 Å². The molecule has 0 aliphatic carbocycles. The zero-order chi connectivity index (χ0) is 15.8. The van der Waals surface area contributed by atoms with Gasteiger partial charge < -0.3 is 20.3 Å². The molecule has 1 fully saturated rings. The van der Waals surface area contributed by atoms with Gasteiger partial charge in [-0.1, -0.05) is 6.07 Å². The number of aliphatic hydroxyl groups is 2. The predicted octanol–water partition coefficient (Wildman–Crippen LogP) is 1.24. The normalized spacial score (nSPS) is 14.9. The summed E-state index contributed by atoms with van der Waals surface area (Å²) in [5, 5.41) is 0. The van der Waals surface area contributed by atoms with E-state index in [-0.39, 0.29) is 5.91 Å². The van der Waals surface area contributed by atoms with E-state index >= 15 is 0 Å². The van der Waals surface area contributed by atoms with Gasteiger partial charge >= 0.3 is 0 Å². The SMILES string of the molecule is C[OH+]CCN(CCN)C(=O)c1cccc(N2CCCCC2)c1. The number of benzene rings is 1. The van der Waals surface area contributed by atoms with Crippen LogP contribution in [0.4, 0.5) is 5.69 Å². The first kappa shape index (κ1) is 16.8. The van der Waals surface area contributed by atoms with Gasteiger partial charge in [-0.25, -0.2) is 0 Å². The van der Waals surface area contributed by atoms with Crippen LogP contribution < -0.4 is 10.6 Å². The van der Waals surface area contributed by atoms with Gasteiger partial charge in [0.1, 0.15) is 7.11 Å². The molecule has 5 heteroatoms. The van der Waals surface area contributed by atoms with Crippen LogP contribution in [-0.4, -0.2) is 62.0 Å². The summed E-state index contributed by atoms with van der Waals surface area (Å²) in [5.74, 6) is 0.0490. The quantitative estimate of drug-likeness (QED) is 0.771. The average molecular weight is 306 g/mol. The lowest BCUT2D eigenvalue weighted by Gasteiger charge is -2.29. The number of hydrogen-bond donors (Lipinski definition) is 1. The Kier molecular flexibility index (Phi) is 6.68. The van der Waals surface area contributed by atoms with E-state index in [0.29, 0.717) is 26.2 Å². The van der Waals surface area contributed by atoms with E-state index in [0.717, 1.165) is 24.3 Å². The zero-order valence-electron chi connectivity index (χ0n) is 13.5. The van der Waals surface area contributed by atoms with Crippen molar-refractivity contribution in [2.45, 2.75) is 19.3 Å². The molecule has 122 valence electrons. The summed E-state index contributed by atoms with van der Waals surface area (Å²) in [7, 11) is 1.77. The molecule has 1 aliphatic rings. The summed E-state index contributed by atoms with van der Waals surface area (Å²) in [4.78, 5) is 16.8. The van der Waals surface area contributed by atoms with Crippen molar-refractivity contribution in [1.29, 1.82) is 0 Å². The Morgan fingerprint density at radius 2 is 2.05 bits per heavy atom. The van der Waals surface area contributed by atoms with Crippen molar-refractivity contribution in [3.8, 4) is 0 Å². The summed E-state index contributed by atoms with van der Waals surface area (Å²) in [6, 6.07) is 7.97. The summed E-state index contributed by atoms with van der Waals surface area (Å²) < 4.78 is 4.08. The number of hydrogen-bond acceptors (Lipinski definition) is 3. The van der Waals surface area contributed by atoms with Crippen LogP contribution >= 0.6 is 0 Å². The molecule has 1 heterocycles. The first-order chi connectivity index (χ1) is 10.8. The lowest BCUT2D eigenvalue weighted by Crippen LogP contribution is -2.38. The maximum absolute atomic E-state index is 12.7. The minimum absolute atomic E-state index is 0.0490. The molecular weight excluding hydrogens is 278 g/mol. The second kappa shape index (κ2) is 8.76. The summed E-state index contributed by atoms with van der Waals surface area (Å²) in [6.45, 7) is 4.49. The third-order valence-corrected chi connectivity index (χ3v) is 4.09. The van der Waals surface area contributed by atoms with Gasteiger partial charge in [-0.2, -0.15) is 0 Å². The number of nitrogens with two attached hydrogens (primary N) is 1. The lowest BCUT2D eigenvalue weighted by molar-refractivity contribution is 0.00165. The summed E-state index contributed by atoms with van der Waals surface area (Å²) in [5.41, 5.74) is 7.53. The second-order valence-electron chi connectivity index (χ2n) is 5.72. The molecule has 0 spiro atoms. The van der Waals surface area contributed by atoms with Gasteiger partial charge in [-0.15, -0.1) is 0 Å². The number of piperidine rings is 1. The van der Waals surface area contributed by atoms with E-state index in [9.17, 15) is 4.79 Å².